The minimum atomic E-state index is 0.880. The zero-order valence-corrected chi connectivity index (χ0v) is 15.1. The van der Waals surface area contributed by atoms with E-state index >= 15 is 0 Å². The molecule has 0 saturated heterocycles. The number of rotatable bonds is 3. The summed E-state index contributed by atoms with van der Waals surface area (Å²) in [5.41, 5.74) is 4.07. The van der Waals surface area contributed by atoms with Crippen molar-refractivity contribution in [3.8, 4) is 12.3 Å². The van der Waals surface area contributed by atoms with Crippen LogP contribution < -0.4 is 4.90 Å². The molecule has 4 aromatic carbocycles. The predicted molar refractivity (Wildman–Crippen MR) is 116 cm³/mol. The first-order chi connectivity index (χ1) is 13.4. The number of hydrogen-bond donors (Lipinski definition) is 0. The summed E-state index contributed by atoms with van der Waals surface area (Å²) in [6, 6.07) is 40.5. The van der Waals surface area contributed by atoms with E-state index in [2.05, 4.69) is 41.2 Å². The molecule has 1 heteroatoms. The summed E-state index contributed by atoms with van der Waals surface area (Å²) in [5, 5.41) is 0. The topological polar surface area (TPSA) is 3.24 Å². The van der Waals surface area contributed by atoms with Gasteiger partial charge in [-0.3, -0.25) is 0 Å². The number of anilines is 3. The second kappa shape index (κ2) is 9.65. The molecule has 27 heavy (non-hydrogen) atoms. The summed E-state index contributed by atoms with van der Waals surface area (Å²) in [4.78, 5) is 2.18. The zero-order valence-electron chi connectivity index (χ0n) is 15.1. The molecule has 0 aliphatic heterocycles. The Morgan fingerprint density at radius 1 is 0.481 bits per heavy atom. The van der Waals surface area contributed by atoms with E-state index in [0.29, 0.717) is 0 Å². The van der Waals surface area contributed by atoms with Crippen LogP contribution in [0.1, 0.15) is 5.56 Å². The Hall–Kier alpha value is -3.76. The third-order valence-corrected chi connectivity index (χ3v) is 4.00. The van der Waals surface area contributed by atoms with Crippen LogP contribution >= 0.6 is 0 Å². The van der Waals surface area contributed by atoms with Crippen molar-refractivity contribution in [2.24, 2.45) is 0 Å². The van der Waals surface area contributed by atoms with Gasteiger partial charge in [0, 0.05) is 16.9 Å². The molecule has 0 radical (unpaired) electrons. The summed E-state index contributed by atoms with van der Waals surface area (Å²) >= 11 is 0. The third-order valence-electron chi connectivity index (χ3n) is 4.00. The van der Waals surface area contributed by atoms with Gasteiger partial charge in [0.15, 0.2) is 0 Å². The van der Waals surface area contributed by atoms with E-state index in [0.717, 1.165) is 22.6 Å². The molecule has 0 saturated carbocycles. The number of hydrogen-bond acceptors (Lipinski definition) is 1. The third kappa shape index (κ3) is 4.87. The Morgan fingerprint density at radius 2 is 0.852 bits per heavy atom. The van der Waals surface area contributed by atoms with E-state index in [1.54, 1.807) is 0 Å². The average Bonchev–Trinajstić information content (AvgIpc) is 2.77. The van der Waals surface area contributed by atoms with Crippen LogP contribution in [0.5, 0.6) is 0 Å². The molecule has 0 fully saturated rings. The summed E-state index contributed by atoms with van der Waals surface area (Å²) in [5.74, 6) is 2.77. The van der Waals surface area contributed by atoms with Crippen LogP contribution in [-0.2, 0) is 0 Å². The average molecular weight is 347 g/mol. The summed E-state index contributed by atoms with van der Waals surface area (Å²) < 4.78 is 0. The fourth-order valence-corrected chi connectivity index (χ4v) is 2.76. The van der Waals surface area contributed by atoms with Crippen molar-refractivity contribution in [1.82, 2.24) is 0 Å². The van der Waals surface area contributed by atoms with Gasteiger partial charge < -0.3 is 4.90 Å². The largest absolute Gasteiger partial charge is 0.309 e. The van der Waals surface area contributed by atoms with Crippen LogP contribution in [0.15, 0.2) is 121 Å². The highest BCUT2D eigenvalue weighted by atomic mass is 15.1. The molecule has 4 rings (SSSR count). The molecule has 0 atom stereocenters. The van der Waals surface area contributed by atoms with Gasteiger partial charge in [-0.1, -0.05) is 90.8 Å². The molecule has 0 aromatic heterocycles. The lowest BCUT2D eigenvalue weighted by Gasteiger charge is -2.26. The van der Waals surface area contributed by atoms with Crippen LogP contribution in [0.3, 0.4) is 0 Å². The molecular formula is C26H21N. The Bertz CT molecular complexity index is 904. The van der Waals surface area contributed by atoms with Gasteiger partial charge in [-0.2, -0.15) is 0 Å². The van der Waals surface area contributed by atoms with Crippen molar-refractivity contribution in [2.45, 2.75) is 0 Å². The van der Waals surface area contributed by atoms with Crippen molar-refractivity contribution in [2.75, 3.05) is 4.90 Å². The minimum Gasteiger partial charge on any atom is -0.309 e. The van der Waals surface area contributed by atoms with Gasteiger partial charge in [0.2, 0.25) is 0 Å². The molecule has 1 nitrogen and oxygen atoms in total. The van der Waals surface area contributed by atoms with Crippen LogP contribution in [0.25, 0.3) is 0 Å². The summed E-state index contributed by atoms with van der Waals surface area (Å²) in [6.07, 6.45) is 5.67. The van der Waals surface area contributed by atoms with Crippen molar-refractivity contribution in [1.29, 1.82) is 0 Å². The Morgan fingerprint density at radius 3 is 1.30 bits per heavy atom. The van der Waals surface area contributed by atoms with Crippen LogP contribution in [0.2, 0.25) is 0 Å². The Kier molecular flexibility index (Phi) is 6.45. The van der Waals surface area contributed by atoms with Gasteiger partial charge in [0.25, 0.3) is 0 Å². The molecule has 0 N–H and O–H groups in total. The SMILES string of the molecule is C#Cc1ccccc1N(c1ccccc1)c1ccccc1.c1ccccc1. The van der Waals surface area contributed by atoms with E-state index < -0.39 is 0 Å². The van der Waals surface area contributed by atoms with Crippen LogP contribution in [0, 0.1) is 12.3 Å². The van der Waals surface area contributed by atoms with Gasteiger partial charge in [0.1, 0.15) is 0 Å². The Balaban J connectivity index is 0.000000299. The first-order valence-corrected chi connectivity index (χ1v) is 8.86. The van der Waals surface area contributed by atoms with Crippen molar-refractivity contribution >= 4 is 17.1 Å². The monoisotopic (exact) mass is 347 g/mol. The standard InChI is InChI=1S/C20H15N.C6H6/c1-2-17-11-9-10-16-20(17)21(18-12-5-3-6-13-18)19-14-7-4-8-15-19;1-2-4-6-5-3-1/h1,3-16H;1-6H. The minimum absolute atomic E-state index is 0.880. The fraction of sp³-hybridized carbons (Fsp3) is 0. The van der Waals surface area contributed by atoms with Gasteiger partial charge in [-0.05, 0) is 36.4 Å². The lowest BCUT2D eigenvalue weighted by molar-refractivity contribution is 1.27. The highest BCUT2D eigenvalue weighted by Gasteiger charge is 2.13. The number of para-hydroxylation sites is 3. The number of nitrogens with zero attached hydrogens (tertiary/aromatic N) is 1. The maximum Gasteiger partial charge on any atom is 0.0618 e. The summed E-state index contributed by atoms with van der Waals surface area (Å²) in [7, 11) is 0. The van der Waals surface area contributed by atoms with E-state index in [9.17, 15) is 0 Å². The van der Waals surface area contributed by atoms with Crippen LogP contribution in [-0.4, -0.2) is 0 Å². The van der Waals surface area contributed by atoms with E-state index in [4.69, 9.17) is 6.42 Å². The number of benzene rings is 4. The van der Waals surface area contributed by atoms with Gasteiger partial charge in [-0.25, -0.2) is 0 Å². The van der Waals surface area contributed by atoms with E-state index in [1.165, 1.54) is 0 Å². The maximum atomic E-state index is 5.67. The molecule has 0 aliphatic carbocycles. The maximum absolute atomic E-state index is 5.67. The summed E-state index contributed by atoms with van der Waals surface area (Å²) in [6.45, 7) is 0. The van der Waals surface area contributed by atoms with Gasteiger partial charge in [-0.15, -0.1) is 6.42 Å². The normalized spacial score (nSPS) is 9.44. The lowest BCUT2D eigenvalue weighted by Crippen LogP contribution is -2.11. The highest BCUT2D eigenvalue weighted by Crippen LogP contribution is 2.35. The fourth-order valence-electron chi connectivity index (χ4n) is 2.76. The molecule has 0 spiro atoms. The van der Waals surface area contributed by atoms with Crippen molar-refractivity contribution < 1.29 is 0 Å². The van der Waals surface area contributed by atoms with E-state index in [-0.39, 0.29) is 0 Å². The first kappa shape index (κ1) is 18.0. The molecule has 0 bridgehead atoms. The predicted octanol–water partition coefficient (Wildman–Crippen LogP) is 6.82. The molecule has 0 amide bonds. The molecule has 0 heterocycles. The first-order valence-electron chi connectivity index (χ1n) is 8.86. The van der Waals surface area contributed by atoms with Crippen molar-refractivity contribution in [3.05, 3.63) is 127 Å². The van der Waals surface area contributed by atoms with Crippen LogP contribution in [0.4, 0.5) is 17.1 Å². The molecule has 0 aliphatic rings. The zero-order chi connectivity index (χ0) is 18.7. The molecule has 0 unspecified atom stereocenters. The van der Waals surface area contributed by atoms with Gasteiger partial charge >= 0.3 is 0 Å². The molecule has 130 valence electrons. The highest BCUT2D eigenvalue weighted by molar-refractivity contribution is 5.79. The second-order valence-corrected chi connectivity index (χ2v) is 5.82. The smallest absolute Gasteiger partial charge is 0.0618 e. The second-order valence-electron chi connectivity index (χ2n) is 5.82. The molecular weight excluding hydrogens is 326 g/mol. The van der Waals surface area contributed by atoms with Gasteiger partial charge in [0.05, 0.1) is 5.69 Å². The Labute approximate surface area is 161 Å². The quantitative estimate of drug-likeness (QED) is 0.367. The van der Waals surface area contributed by atoms with E-state index in [1.807, 2.05) is 91.0 Å². The number of terminal acetylenes is 1. The lowest BCUT2D eigenvalue weighted by atomic mass is 10.1. The molecule has 4 aromatic rings. The van der Waals surface area contributed by atoms with Crippen molar-refractivity contribution in [3.63, 3.8) is 0 Å².